The average Bonchev–Trinajstić information content (AvgIpc) is 3.07. The number of hydrogen-bond acceptors (Lipinski definition) is 4. The monoisotopic (exact) mass is 369 g/mol. The van der Waals surface area contributed by atoms with Crippen LogP contribution >= 0.6 is 0 Å². The van der Waals surface area contributed by atoms with E-state index in [1.807, 2.05) is 6.92 Å². The fourth-order valence-corrected chi connectivity index (χ4v) is 4.58. The first kappa shape index (κ1) is 16.7. The molecular weight excluding hydrogens is 353 g/mol. The summed E-state index contributed by atoms with van der Waals surface area (Å²) in [6.45, 7) is 2.20. The predicted molar refractivity (Wildman–Crippen MR) is 96.8 cm³/mol. The Hall–Kier alpha value is -2.80. The number of hydrogen-bond donors (Lipinski definition) is 0. The molecule has 0 aliphatic carbocycles. The third-order valence-electron chi connectivity index (χ3n) is 4.43. The molecule has 0 bridgehead atoms. The van der Waals surface area contributed by atoms with Crippen LogP contribution in [0, 0.1) is 12.9 Å². The van der Waals surface area contributed by atoms with E-state index >= 15 is 0 Å². The number of sulfonamides is 1. The van der Waals surface area contributed by atoms with Gasteiger partial charge < -0.3 is 0 Å². The number of rotatable bonds is 3. The Kier molecular flexibility index (Phi) is 3.96. The van der Waals surface area contributed by atoms with E-state index in [1.165, 1.54) is 16.6 Å². The van der Waals surface area contributed by atoms with Gasteiger partial charge in [-0.1, -0.05) is 23.8 Å². The van der Waals surface area contributed by atoms with Crippen LogP contribution in [-0.4, -0.2) is 24.9 Å². The first-order chi connectivity index (χ1) is 12.5. The van der Waals surface area contributed by atoms with Gasteiger partial charge in [-0.3, -0.25) is 0 Å². The van der Waals surface area contributed by atoms with Crippen molar-refractivity contribution in [2.24, 2.45) is 0 Å². The van der Waals surface area contributed by atoms with Gasteiger partial charge in [0.15, 0.2) is 0 Å². The highest BCUT2D eigenvalue weighted by molar-refractivity contribution is 7.92. The number of aryl methyl sites for hydroxylation is 1. The zero-order valence-electron chi connectivity index (χ0n) is 14.1. The van der Waals surface area contributed by atoms with Crippen molar-refractivity contribution in [2.45, 2.75) is 18.2 Å². The molecule has 1 aromatic carbocycles. The molecular formula is C19H16FN3O2S. The summed E-state index contributed by atoms with van der Waals surface area (Å²) in [7, 11) is -3.70. The van der Waals surface area contributed by atoms with Crippen molar-refractivity contribution >= 4 is 15.8 Å². The van der Waals surface area contributed by atoms with Gasteiger partial charge in [-0.2, -0.15) is 4.39 Å². The smallest absolute Gasteiger partial charge is 0.249 e. The van der Waals surface area contributed by atoms with Crippen molar-refractivity contribution < 1.29 is 12.8 Å². The van der Waals surface area contributed by atoms with Crippen LogP contribution < -0.4 is 4.31 Å². The maximum absolute atomic E-state index is 13.5. The molecule has 0 amide bonds. The lowest BCUT2D eigenvalue weighted by molar-refractivity contribution is 0.585. The Bertz CT molecular complexity index is 1080. The van der Waals surface area contributed by atoms with Crippen molar-refractivity contribution in [1.82, 2.24) is 9.97 Å². The van der Waals surface area contributed by atoms with Gasteiger partial charge in [0, 0.05) is 23.9 Å². The summed E-state index contributed by atoms with van der Waals surface area (Å²) in [5.74, 6) is -0.190. The number of fused-ring (bicyclic) bond motifs is 1. The maximum atomic E-state index is 13.5. The number of pyridine rings is 2. The molecule has 0 atom stereocenters. The van der Waals surface area contributed by atoms with Crippen molar-refractivity contribution in [1.29, 1.82) is 0 Å². The number of halogens is 1. The Morgan fingerprint density at radius 2 is 1.85 bits per heavy atom. The van der Waals surface area contributed by atoms with Crippen molar-refractivity contribution in [2.75, 3.05) is 10.8 Å². The minimum atomic E-state index is -3.70. The number of anilines is 1. The molecule has 1 aliphatic heterocycles. The molecule has 0 radical (unpaired) electrons. The van der Waals surface area contributed by atoms with Crippen molar-refractivity contribution in [3.63, 3.8) is 0 Å². The van der Waals surface area contributed by atoms with Gasteiger partial charge >= 0.3 is 0 Å². The van der Waals surface area contributed by atoms with Gasteiger partial charge in [0.2, 0.25) is 5.95 Å². The SMILES string of the molecule is Cc1ccc(S(=O)(=O)N2CCc3c(-c4cccc(F)n4)ccnc32)cc1. The van der Waals surface area contributed by atoms with Crippen molar-refractivity contribution in [3.8, 4) is 11.3 Å². The second kappa shape index (κ2) is 6.17. The molecule has 2 aromatic heterocycles. The maximum Gasteiger partial charge on any atom is 0.265 e. The van der Waals surface area contributed by atoms with E-state index in [0.29, 0.717) is 30.0 Å². The molecule has 3 heterocycles. The summed E-state index contributed by atoms with van der Waals surface area (Å²) in [6, 6.07) is 13.0. The van der Waals surface area contributed by atoms with Gasteiger partial charge in [0.05, 0.1) is 10.6 Å². The topological polar surface area (TPSA) is 63.2 Å². The molecule has 132 valence electrons. The third-order valence-corrected chi connectivity index (χ3v) is 6.24. The Labute approximate surface area is 151 Å². The van der Waals surface area contributed by atoms with Crippen LogP contribution in [0.25, 0.3) is 11.3 Å². The fourth-order valence-electron chi connectivity index (χ4n) is 3.13. The Morgan fingerprint density at radius 3 is 2.58 bits per heavy atom. The van der Waals surface area contributed by atoms with E-state index in [1.54, 1.807) is 42.5 Å². The fraction of sp³-hybridized carbons (Fsp3) is 0.158. The molecule has 0 fully saturated rings. The van der Waals surface area contributed by atoms with E-state index in [-0.39, 0.29) is 4.90 Å². The minimum Gasteiger partial charge on any atom is -0.249 e. The van der Waals surface area contributed by atoms with E-state index in [0.717, 1.165) is 11.1 Å². The molecule has 0 spiro atoms. The second-order valence-electron chi connectivity index (χ2n) is 6.15. The molecule has 0 saturated carbocycles. The molecule has 0 unspecified atom stereocenters. The van der Waals surface area contributed by atoms with E-state index in [9.17, 15) is 12.8 Å². The highest BCUT2D eigenvalue weighted by Crippen LogP contribution is 2.36. The highest BCUT2D eigenvalue weighted by atomic mass is 32.2. The van der Waals surface area contributed by atoms with Crippen molar-refractivity contribution in [3.05, 3.63) is 71.8 Å². The molecule has 7 heteroatoms. The van der Waals surface area contributed by atoms with Crippen LogP contribution in [-0.2, 0) is 16.4 Å². The van der Waals surface area contributed by atoms with Crippen LogP contribution in [0.15, 0.2) is 59.6 Å². The first-order valence-electron chi connectivity index (χ1n) is 8.17. The molecule has 5 nitrogen and oxygen atoms in total. The molecule has 0 saturated heterocycles. The number of aromatic nitrogens is 2. The van der Waals surface area contributed by atoms with Crippen LogP contribution in [0.1, 0.15) is 11.1 Å². The van der Waals surface area contributed by atoms with E-state index < -0.39 is 16.0 Å². The largest absolute Gasteiger partial charge is 0.265 e. The van der Waals surface area contributed by atoms with Gasteiger partial charge in [-0.05, 0) is 43.7 Å². The zero-order valence-corrected chi connectivity index (χ0v) is 14.9. The first-order valence-corrected chi connectivity index (χ1v) is 9.61. The summed E-state index contributed by atoms with van der Waals surface area (Å²) in [5.41, 5.74) is 2.93. The molecule has 4 rings (SSSR count). The lowest BCUT2D eigenvalue weighted by atomic mass is 10.0. The normalized spacial score (nSPS) is 13.7. The quantitative estimate of drug-likeness (QED) is 0.664. The van der Waals surface area contributed by atoms with Gasteiger partial charge in [-0.15, -0.1) is 0 Å². The van der Waals surface area contributed by atoms with Gasteiger partial charge in [0.25, 0.3) is 10.0 Å². The highest BCUT2D eigenvalue weighted by Gasteiger charge is 2.33. The predicted octanol–water partition coefficient (Wildman–Crippen LogP) is 3.34. The van der Waals surface area contributed by atoms with Gasteiger partial charge in [-0.25, -0.2) is 22.7 Å². The third kappa shape index (κ3) is 2.74. The average molecular weight is 369 g/mol. The van der Waals surface area contributed by atoms with Crippen LogP contribution in [0.2, 0.25) is 0 Å². The minimum absolute atomic E-state index is 0.229. The lowest BCUT2D eigenvalue weighted by Gasteiger charge is -2.19. The number of nitrogens with zero attached hydrogens (tertiary/aromatic N) is 3. The molecule has 1 aliphatic rings. The summed E-state index contributed by atoms with van der Waals surface area (Å²) < 4.78 is 40.8. The summed E-state index contributed by atoms with van der Waals surface area (Å²) in [5, 5.41) is 0. The van der Waals surface area contributed by atoms with E-state index in [2.05, 4.69) is 9.97 Å². The summed E-state index contributed by atoms with van der Waals surface area (Å²) in [4.78, 5) is 8.43. The lowest BCUT2D eigenvalue weighted by Crippen LogP contribution is -2.29. The zero-order chi connectivity index (χ0) is 18.3. The van der Waals surface area contributed by atoms with Gasteiger partial charge in [0.1, 0.15) is 5.82 Å². The Balaban J connectivity index is 1.79. The number of benzene rings is 1. The van der Waals surface area contributed by atoms with Crippen LogP contribution in [0.3, 0.4) is 0 Å². The summed E-state index contributed by atoms with van der Waals surface area (Å²) >= 11 is 0. The standard InChI is InChI=1S/C19H16FN3O2S/c1-13-5-7-14(8-6-13)26(24,25)23-12-10-16-15(9-11-21-19(16)23)17-3-2-4-18(20)22-17/h2-9,11H,10,12H2,1H3. The summed E-state index contributed by atoms with van der Waals surface area (Å²) in [6.07, 6.45) is 2.03. The molecule has 0 N–H and O–H groups in total. The molecule has 3 aromatic rings. The van der Waals surface area contributed by atoms with E-state index in [4.69, 9.17) is 0 Å². The van der Waals surface area contributed by atoms with Crippen LogP contribution in [0.4, 0.5) is 10.2 Å². The molecule has 26 heavy (non-hydrogen) atoms. The van der Waals surface area contributed by atoms with Crippen LogP contribution in [0.5, 0.6) is 0 Å². The second-order valence-corrected chi connectivity index (χ2v) is 8.01. The Morgan fingerprint density at radius 1 is 1.08 bits per heavy atom.